The molecule has 0 saturated carbocycles. The maximum atomic E-state index is 11.6. The van der Waals surface area contributed by atoms with Gasteiger partial charge in [0.2, 0.25) is 5.91 Å². The van der Waals surface area contributed by atoms with E-state index < -0.39 is 5.97 Å². The molecule has 7 heteroatoms. The lowest BCUT2D eigenvalue weighted by Crippen LogP contribution is -2.36. The quantitative estimate of drug-likeness (QED) is 0.736. The van der Waals surface area contributed by atoms with Crippen LogP contribution in [0, 0.1) is 6.92 Å². The van der Waals surface area contributed by atoms with Gasteiger partial charge >= 0.3 is 5.97 Å². The van der Waals surface area contributed by atoms with Gasteiger partial charge in [-0.15, -0.1) is 0 Å². The minimum atomic E-state index is -1.02. The van der Waals surface area contributed by atoms with E-state index in [0.29, 0.717) is 12.1 Å². The Kier molecular flexibility index (Phi) is 5.31. The molecule has 0 aliphatic rings. The summed E-state index contributed by atoms with van der Waals surface area (Å²) in [5.74, 6) is -0.404. The number of hydrogen-bond acceptors (Lipinski definition) is 4. The number of nitrogens with zero attached hydrogens (tertiary/aromatic N) is 3. The van der Waals surface area contributed by atoms with Gasteiger partial charge in [-0.05, 0) is 19.9 Å². The zero-order valence-electron chi connectivity index (χ0n) is 12.2. The summed E-state index contributed by atoms with van der Waals surface area (Å²) in [6, 6.07) is 0. The SMILES string of the molecule is CCN(CC(=O)NC)c1c(C=CC(=O)O)c(C)nn1C. The van der Waals surface area contributed by atoms with Crippen LogP contribution in [0.4, 0.5) is 5.82 Å². The van der Waals surface area contributed by atoms with Gasteiger partial charge in [0, 0.05) is 32.3 Å². The lowest BCUT2D eigenvalue weighted by Gasteiger charge is -2.22. The van der Waals surface area contributed by atoms with Crippen LogP contribution in [0.2, 0.25) is 0 Å². The number of carbonyl (C=O) groups is 2. The molecule has 2 N–H and O–H groups in total. The van der Waals surface area contributed by atoms with Crippen molar-refractivity contribution in [1.29, 1.82) is 0 Å². The third kappa shape index (κ3) is 3.59. The van der Waals surface area contributed by atoms with Crippen LogP contribution in [0.15, 0.2) is 6.08 Å². The van der Waals surface area contributed by atoms with Gasteiger partial charge in [0.05, 0.1) is 12.2 Å². The Morgan fingerprint density at radius 1 is 1.50 bits per heavy atom. The molecule has 0 atom stereocenters. The molecule has 0 spiro atoms. The lowest BCUT2D eigenvalue weighted by atomic mass is 10.2. The van der Waals surface area contributed by atoms with Crippen LogP contribution >= 0.6 is 0 Å². The minimum absolute atomic E-state index is 0.112. The van der Waals surface area contributed by atoms with E-state index in [-0.39, 0.29) is 12.5 Å². The standard InChI is InChI=1S/C13H20N4O3/c1-5-17(8-11(18)14-3)13-10(6-7-12(19)20)9(2)15-16(13)4/h6-7H,5,8H2,1-4H3,(H,14,18)(H,19,20). The number of aryl methyl sites for hydroxylation is 2. The zero-order chi connectivity index (χ0) is 15.3. The molecule has 0 aliphatic heterocycles. The maximum Gasteiger partial charge on any atom is 0.328 e. The number of anilines is 1. The highest BCUT2D eigenvalue weighted by molar-refractivity contribution is 5.88. The molecule has 1 heterocycles. The van der Waals surface area contributed by atoms with Crippen LogP contribution in [0.25, 0.3) is 6.08 Å². The second-order valence-electron chi connectivity index (χ2n) is 4.31. The average molecular weight is 280 g/mol. The minimum Gasteiger partial charge on any atom is -0.478 e. The van der Waals surface area contributed by atoms with Gasteiger partial charge in [-0.3, -0.25) is 9.48 Å². The molecule has 1 rings (SSSR count). The molecule has 0 aromatic carbocycles. The normalized spacial score (nSPS) is 10.8. The van der Waals surface area contributed by atoms with Crippen LogP contribution in [0.5, 0.6) is 0 Å². The number of nitrogens with one attached hydrogen (secondary N) is 1. The monoisotopic (exact) mass is 280 g/mol. The molecule has 0 aliphatic carbocycles. The van der Waals surface area contributed by atoms with Crippen molar-refractivity contribution in [2.45, 2.75) is 13.8 Å². The fourth-order valence-electron chi connectivity index (χ4n) is 1.98. The first kappa shape index (κ1) is 15.7. The zero-order valence-corrected chi connectivity index (χ0v) is 12.2. The number of aliphatic carboxylic acids is 1. The molecule has 0 unspecified atom stereocenters. The van der Waals surface area contributed by atoms with Gasteiger partial charge in [-0.25, -0.2) is 4.79 Å². The number of carboxylic acid groups (broad SMARTS) is 1. The van der Waals surface area contributed by atoms with Crippen LogP contribution in [-0.4, -0.2) is 46.9 Å². The fourth-order valence-corrected chi connectivity index (χ4v) is 1.98. The topological polar surface area (TPSA) is 87.5 Å². The molecular weight excluding hydrogens is 260 g/mol. The van der Waals surface area contributed by atoms with Gasteiger partial charge in [0.15, 0.2) is 0 Å². The maximum absolute atomic E-state index is 11.6. The second kappa shape index (κ2) is 6.74. The van der Waals surface area contributed by atoms with Crippen molar-refractivity contribution in [2.75, 3.05) is 25.0 Å². The third-order valence-corrected chi connectivity index (χ3v) is 2.92. The summed E-state index contributed by atoms with van der Waals surface area (Å²) < 4.78 is 1.66. The Labute approximate surface area is 117 Å². The van der Waals surface area contributed by atoms with Crippen molar-refractivity contribution in [2.24, 2.45) is 7.05 Å². The Balaban J connectivity index is 3.20. The number of carbonyl (C=O) groups excluding carboxylic acids is 1. The Morgan fingerprint density at radius 2 is 2.15 bits per heavy atom. The molecular formula is C13H20N4O3. The largest absolute Gasteiger partial charge is 0.478 e. The van der Waals surface area contributed by atoms with Crippen molar-refractivity contribution in [3.63, 3.8) is 0 Å². The van der Waals surface area contributed by atoms with Gasteiger partial charge in [-0.2, -0.15) is 5.10 Å². The van der Waals surface area contributed by atoms with Crippen molar-refractivity contribution >= 4 is 23.8 Å². The second-order valence-corrected chi connectivity index (χ2v) is 4.31. The highest BCUT2D eigenvalue weighted by Gasteiger charge is 2.18. The first-order chi connectivity index (χ1) is 9.40. The summed E-state index contributed by atoms with van der Waals surface area (Å²) in [5.41, 5.74) is 1.43. The number of rotatable bonds is 6. The van der Waals surface area contributed by atoms with E-state index in [2.05, 4.69) is 10.4 Å². The highest BCUT2D eigenvalue weighted by Crippen LogP contribution is 2.24. The molecule has 1 aromatic rings. The number of amides is 1. The number of likely N-dealkylation sites (N-methyl/N-ethyl adjacent to an activating group) is 2. The van der Waals surface area contributed by atoms with Crippen molar-refractivity contribution in [3.8, 4) is 0 Å². The van der Waals surface area contributed by atoms with E-state index in [9.17, 15) is 9.59 Å². The van der Waals surface area contributed by atoms with Crippen LogP contribution in [0.3, 0.4) is 0 Å². The predicted molar refractivity (Wildman–Crippen MR) is 76.6 cm³/mol. The Morgan fingerprint density at radius 3 is 2.65 bits per heavy atom. The average Bonchev–Trinajstić information content (AvgIpc) is 2.67. The summed E-state index contributed by atoms with van der Waals surface area (Å²) >= 11 is 0. The van der Waals surface area contributed by atoms with Crippen molar-refractivity contribution in [1.82, 2.24) is 15.1 Å². The van der Waals surface area contributed by atoms with E-state index in [1.54, 1.807) is 25.7 Å². The molecule has 1 amide bonds. The molecule has 0 fully saturated rings. The van der Waals surface area contributed by atoms with Gasteiger partial charge in [-0.1, -0.05) is 0 Å². The summed E-state index contributed by atoms with van der Waals surface area (Å²) in [6.07, 6.45) is 2.58. The number of hydrogen-bond donors (Lipinski definition) is 2. The molecule has 1 aromatic heterocycles. The lowest BCUT2D eigenvalue weighted by molar-refractivity contribution is -0.131. The van der Waals surface area contributed by atoms with E-state index in [4.69, 9.17) is 5.11 Å². The van der Waals surface area contributed by atoms with E-state index >= 15 is 0 Å². The summed E-state index contributed by atoms with van der Waals surface area (Å²) in [7, 11) is 3.35. The Bertz CT molecular complexity index is 534. The van der Waals surface area contributed by atoms with Crippen LogP contribution in [-0.2, 0) is 16.6 Å². The fraction of sp³-hybridized carbons (Fsp3) is 0.462. The molecule has 0 radical (unpaired) electrons. The van der Waals surface area contributed by atoms with E-state index in [0.717, 1.165) is 17.6 Å². The predicted octanol–water partition coefficient (Wildman–Crippen LogP) is 0.399. The molecule has 7 nitrogen and oxygen atoms in total. The van der Waals surface area contributed by atoms with E-state index in [1.165, 1.54) is 6.08 Å². The molecule has 20 heavy (non-hydrogen) atoms. The smallest absolute Gasteiger partial charge is 0.328 e. The van der Waals surface area contributed by atoms with Gasteiger partial charge in [0.25, 0.3) is 0 Å². The highest BCUT2D eigenvalue weighted by atomic mass is 16.4. The van der Waals surface area contributed by atoms with Crippen molar-refractivity contribution < 1.29 is 14.7 Å². The van der Waals surface area contributed by atoms with Crippen LogP contribution in [0.1, 0.15) is 18.2 Å². The van der Waals surface area contributed by atoms with E-state index in [1.807, 2.05) is 11.8 Å². The van der Waals surface area contributed by atoms with Gasteiger partial charge < -0.3 is 15.3 Å². The summed E-state index contributed by atoms with van der Waals surface area (Å²) in [5, 5.41) is 15.6. The molecule has 110 valence electrons. The van der Waals surface area contributed by atoms with Crippen LogP contribution < -0.4 is 10.2 Å². The third-order valence-electron chi connectivity index (χ3n) is 2.92. The number of carboxylic acids is 1. The van der Waals surface area contributed by atoms with Gasteiger partial charge in [0.1, 0.15) is 5.82 Å². The molecule has 0 bridgehead atoms. The Hall–Kier alpha value is -2.31. The first-order valence-corrected chi connectivity index (χ1v) is 6.30. The summed E-state index contributed by atoms with van der Waals surface area (Å²) in [4.78, 5) is 24.1. The molecule has 0 saturated heterocycles. The first-order valence-electron chi connectivity index (χ1n) is 6.30. The summed E-state index contributed by atoms with van der Waals surface area (Å²) in [6.45, 7) is 4.54. The number of aromatic nitrogens is 2. The van der Waals surface area contributed by atoms with Crippen molar-refractivity contribution in [3.05, 3.63) is 17.3 Å².